The number of benzene rings is 1. The van der Waals surface area contributed by atoms with Crippen LogP contribution in [0.5, 0.6) is 5.75 Å². The van der Waals surface area contributed by atoms with Crippen molar-refractivity contribution in [3.05, 3.63) is 28.8 Å². The zero-order chi connectivity index (χ0) is 12.3. The van der Waals surface area contributed by atoms with E-state index in [0.717, 1.165) is 12.8 Å². The van der Waals surface area contributed by atoms with Crippen molar-refractivity contribution in [3.63, 3.8) is 0 Å². The third-order valence-electron chi connectivity index (χ3n) is 3.65. The number of halogens is 1. The van der Waals surface area contributed by atoms with Gasteiger partial charge in [0.1, 0.15) is 5.75 Å². The van der Waals surface area contributed by atoms with Crippen LogP contribution in [-0.2, 0) is 0 Å². The summed E-state index contributed by atoms with van der Waals surface area (Å²) in [7, 11) is 0. The Kier molecular flexibility index (Phi) is 4.30. The summed E-state index contributed by atoms with van der Waals surface area (Å²) in [6, 6.07) is 4.87. The minimum Gasteiger partial charge on any atom is -0.508 e. The minimum atomic E-state index is -0.591. The number of aromatic hydroxyl groups is 1. The molecule has 2 N–H and O–H groups in total. The molecule has 0 radical (unpaired) electrons. The zero-order valence-electron chi connectivity index (χ0n) is 9.90. The molecule has 1 aliphatic carbocycles. The number of phenols is 1. The van der Waals surface area contributed by atoms with Crippen LogP contribution in [-0.4, -0.2) is 10.2 Å². The molecule has 0 saturated heterocycles. The van der Waals surface area contributed by atoms with Crippen molar-refractivity contribution in [3.8, 4) is 5.75 Å². The molecule has 1 atom stereocenters. The summed E-state index contributed by atoms with van der Waals surface area (Å²) in [5.74, 6) is 0.396. The van der Waals surface area contributed by atoms with Crippen LogP contribution in [0.15, 0.2) is 18.2 Å². The molecule has 17 heavy (non-hydrogen) atoms. The molecule has 1 unspecified atom stereocenters. The van der Waals surface area contributed by atoms with Crippen LogP contribution >= 0.6 is 11.6 Å². The average molecular weight is 255 g/mol. The first-order chi connectivity index (χ1) is 8.18. The molecule has 0 aromatic heterocycles. The molecule has 3 heteroatoms. The van der Waals surface area contributed by atoms with Crippen LogP contribution < -0.4 is 0 Å². The van der Waals surface area contributed by atoms with Crippen LogP contribution in [0.1, 0.15) is 50.2 Å². The molecule has 1 fully saturated rings. The predicted octanol–water partition coefficient (Wildman–Crippen LogP) is 4.05. The Labute approximate surface area is 107 Å². The summed E-state index contributed by atoms with van der Waals surface area (Å²) in [5.41, 5.74) is 0.574. The molecule has 0 bridgehead atoms. The first-order valence-electron chi connectivity index (χ1n) is 6.35. The Morgan fingerprint density at radius 3 is 2.41 bits per heavy atom. The summed E-state index contributed by atoms with van der Waals surface area (Å²) in [6.07, 6.45) is 6.33. The fraction of sp³-hybridized carbons (Fsp3) is 0.571. The Morgan fingerprint density at radius 1 is 1.12 bits per heavy atom. The second-order valence-corrected chi connectivity index (χ2v) is 5.34. The first kappa shape index (κ1) is 12.7. The van der Waals surface area contributed by atoms with Crippen LogP contribution in [0.25, 0.3) is 0 Å². The molecule has 2 nitrogen and oxygen atoms in total. The Bertz CT molecular complexity index is 370. The van der Waals surface area contributed by atoms with Crippen molar-refractivity contribution < 1.29 is 10.2 Å². The van der Waals surface area contributed by atoms with Gasteiger partial charge in [-0.25, -0.2) is 0 Å². The highest BCUT2D eigenvalue weighted by Crippen LogP contribution is 2.37. The van der Waals surface area contributed by atoms with Gasteiger partial charge in [-0.2, -0.15) is 0 Å². The van der Waals surface area contributed by atoms with Gasteiger partial charge in [-0.3, -0.25) is 0 Å². The van der Waals surface area contributed by atoms with E-state index in [-0.39, 0.29) is 11.7 Å². The zero-order valence-corrected chi connectivity index (χ0v) is 10.7. The maximum absolute atomic E-state index is 10.4. The third kappa shape index (κ3) is 3.14. The molecular formula is C14H19ClO2. The summed E-state index contributed by atoms with van der Waals surface area (Å²) in [6.45, 7) is 0. The highest BCUT2D eigenvalue weighted by molar-refractivity contribution is 6.30. The lowest BCUT2D eigenvalue weighted by Gasteiger charge is -2.22. The van der Waals surface area contributed by atoms with E-state index in [9.17, 15) is 10.2 Å². The monoisotopic (exact) mass is 254 g/mol. The van der Waals surface area contributed by atoms with Crippen molar-refractivity contribution in [1.29, 1.82) is 0 Å². The third-order valence-corrected chi connectivity index (χ3v) is 3.89. The predicted molar refractivity (Wildman–Crippen MR) is 69.3 cm³/mol. The standard InChI is InChI=1S/C14H19ClO2/c15-11-7-8-13(16)12(9-11)14(17)10-5-3-1-2-4-6-10/h7-10,14,16-17H,1-6H2. The van der Waals surface area contributed by atoms with E-state index < -0.39 is 6.10 Å². The number of hydrogen-bond acceptors (Lipinski definition) is 2. The molecule has 0 aliphatic heterocycles. The Balaban J connectivity index is 2.16. The van der Waals surface area contributed by atoms with Gasteiger partial charge in [0.25, 0.3) is 0 Å². The highest BCUT2D eigenvalue weighted by Gasteiger charge is 2.24. The normalized spacial score (nSPS) is 19.9. The molecule has 0 amide bonds. The summed E-state index contributed by atoms with van der Waals surface area (Å²) < 4.78 is 0. The van der Waals surface area contributed by atoms with Crippen molar-refractivity contribution >= 4 is 11.6 Å². The Hall–Kier alpha value is -0.730. The van der Waals surface area contributed by atoms with Crippen LogP contribution in [0.3, 0.4) is 0 Å². The Morgan fingerprint density at radius 2 is 1.76 bits per heavy atom. The summed E-state index contributed by atoms with van der Waals surface area (Å²) in [5, 5.41) is 20.7. The number of aliphatic hydroxyl groups excluding tert-OH is 1. The van der Waals surface area contributed by atoms with E-state index in [1.54, 1.807) is 18.2 Å². The molecular weight excluding hydrogens is 236 g/mol. The quantitative estimate of drug-likeness (QED) is 0.782. The van der Waals surface area contributed by atoms with Gasteiger partial charge >= 0.3 is 0 Å². The van der Waals surface area contributed by atoms with E-state index in [0.29, 0.717) is 10.6 Å². The van der Waals surface area contributed by atoms with E-state index in [1.807, 2.05) is 0 Å². The van der Waals surface area contributed by atoms with Crippen molar-refractivity contribution in [1.82, 2.24) is 0 Å². The molecule has 0 heterocycles. The lowest BCUT2D eigenvalue weighted by Crippen LogP contribution is -2.12. The molecule has 2 rings (SSSR count). The van der Waals surface area contributed by atoms with Gasteiger partial charge in [0.05, 0.1) is 6.10 Å². The molecule has 0 spiro atoms. The smallest absolute Gasteiger partial charge is 0.121 e. The van der Waals surface area contributed by atoms with E-state index in [1.165, 1.54) is 25.7 Å². The maximum Gasteiger partial charge on any atom is 0.121 e. The fourth-order valence-electron chi connectivity index (χ4n) is 2.64. The molecule has 1 aromatic rings. The lowest BCUT2D eigenvalue weighted by atomic mass is 9.89. The van der Waals surface area contributed by atoms with Gasteiger partial charge in [-0.1, -0.05) is 37.3 Å². The van der Waals surface area contributed by atoms with Gasteiger partial charge in [0.2, 0.25) is 0 Å². The van der Waals surface area contributed by atoms with Gasteiger partial charge < -0.3 is 10.2 Å². The van der Waals surface area contributed by atoms with Crippen LogP contribution in [0.4, 0.5) is 0 Å². The topological polar surface area (TPSA) is 40.5 Å². The van der Waals surface area contributed by atoms with E-state index in [2.05, 4.69) is 0 Å². The second-order valence-electron chi connectivity index (χ2n) is 4.90. The van der Waals surface area contributed by atoms with Crippen molar-refractivity contribution in [2.75, 3.05) is 0 Å². The van der Waals surface area contributed by atoms with Gasteiger partial charge in [-0.05, 0) is 37.0 Å². The molecule has 1 aliphatic rings. The van der Waals surface area contributed by atoms with Gasteiger partial charge in [0.15, 0.2) is 0 Å². The molecule has 94 valence electrons. The summed E-state index contributed by atoms with van der Waals surface area (Å²) in [4.78, 5) is 0. The van der Waals surface area contributed by atoms with Gasteiger partial charge in [-0.15, -0.1) is 0 Å². The SMILES string of the molecule is Oc1ccc(Cl)cc1C(O)C1CCCCCC1. The van der Waals surface area contributed by atoms with Crippen molar-refractivity contribution in [2.24, 2.45) is 5.92 Å². The number of phenolic OH excluding ortho intramolecular Hbond substituents is 1. The number of hydrogen-bond donors (Lipinski definition) is 2. The first-order valence-corrected chi connectivity index (χ1v) is 6.73. The van der Waals surface area contributed by atoms with E-state index in [4.69, 9.17) is 11.6 Å². The maximum atomic E-state index is 10.4. The second kappa shape index (κ2) is 5.74. The van der Waals surface area contributed by atoms with Gasteiger partial charge in [0, 0.05) is 10.6 Å². The largest absolute Gasteiger partial charge is 0.508 e. The van der Waals surface area contributed by atoms with Crippen LogP contribution in [0, 0.1) is 5.92 Å². The van der Waals surface area contributed by atoms with Crippen molar-refractivity contribution in [2.45, 2.75) is 44.6 Å². The number of rotatable bonds is 2. The molecule has 1 saturated carbocycles. The average Bonchev–Trinajstić information content (AvgIpc) is 2.60. The lowest BCUT2D eigenvalue weighted by molar-refractivity contribution is 0.0963. The minimum absolute atomic E-state index is 0.145. The number of aliphatic hydroxyl groups is 1. The summed E-state index contributed by atoms with van der Waals surface area (Å²) >= 11 is 5.91. The van der Waals surface area contributed by atoms with Crippen LogP contribution in [0.2, 0.25) is 5.02 Å². The molecule has 1 aromatic carbocycles. The highest BCUT2D eigenvalue weighted by atomic mass is 35.5. The van der Waals surface area contributed by atoms with E-state index >= 15 is 0 Å². The fourth-order valence-corrected chi connectivity index (χ4v) is 2.82.